The number of hydrogen-bond acceptors (Lipinski definition) is 3. The summed E-state index contributed by atoms with van der Waals surface area (Å²) in [6, 6.07) is 21.9. The van der Waals surface area contributed by atoms with Gasteiger partial charge in [0.1, 0.15) is 0 Å². The Labute approximate surface area is 226 Å². The van der Waals surface area contributed by atoms with Crippen molar-refractivity contribution in [3.63, 3.8) is 0 Å². The van der Waals surface area contributed by atoms with Gasteiger partial charge >= 0.3 is 0 Å². The van der Waals surface area contributed by atoms with E-state index in [1.54, 1.807) is 24.3 Å². The minimum absolute atomic E-state index is 0.0319. The third kappa shape index (κ3) is 7.23. The summed E-state index contributed by atoms with van der Waals surface area (Å²) in [5, 5.41) is 3.25. The van der Waals surface area contributed by atoms with Crippen LogP contribution in [0.2, 0.25) is 0 Å². The number of nitrogens with one attached hydrogen (secondary N) is 1. The smallest absolute Gasteiger partial charge is 0.297 e. The van der Waals surface area contributed by atoms with E-state index < -0.39 is 19.5 Å². The molecule has 0 spiro atoms. The summed E-state index contributed by atoms with van der Waals surface area (Å²) < 4.78 is 13.4. The van der Waals surface area contributed by atoms with Gasteiger partial charge in [0.05, 0.1) is 11.3 Å². The van der Waals surface area contributed by atoms with Gasteiger partial charge in [-0.3, -0.25) is 9.36 Å². The van der Waals surface area contributed by atoms with E-state index in [1.807, 2.05) is 43.3 Å². The zero-order chi connectivity index (χ0) is 27.3. The van der Waals surface area contributed by atoms with Gasteiger partial charge in [-0.15, -0.1) is 0 Å². The average molecular weight is 538 g/mol. The highest BCUT2D eigenvalue weighted by molar-refractivity contribution is 8.13. The lowest BCUT2D eigenvalue weighted by Gasteiger charge is -2.28. The van der Waals surface area contributed by atoms with Crippen LogP contribution in [0.1, 0.15) is 94.5 Å². The van der Waals surface area contributed by atoms with Crippen LogP contribution in [0.3, 0.4) is 0 Å². The maximum atomic E-state index is 13.9. The van der Waals surface area contributed by atoms with Crippen molar-refractivity contribution in [2.45, 2.75) is 77.2 Å². The van der Waals surface area contributed by atoms with Crippen LogP contribution in [0.5, 0.6) is 0 Å². The number of carbonyl (C=O) groups is 1. The van der Waals surface area contributed by atoms with Crippen LogP contribution >= 0.6 is 19.3 Å². The Morgan fingerprint density at radius 3 is 1.70 bits per heavy atom. The topological polar surface area (TPSA) is 66.4 Å². The molecule has 3 aromatic carbocycles. The molecule has 0 heterocycles. The van der Waals surface area contributed by atoms with Crippen molar-refractivity contribution < 1.29 is 14.3 Å². The molecule has 0 aliphatic carbocycles. The molecule has 3 atom stereocenters. The third-order valence-corrected chi connectivity index (χ3v) is 9.61. The molecule has 2 N–H and O–H groups in total. The highest BCUT2D eigenvalue weighted by Gasteiger charge is 2.34. The molecule has 0 saturated heterocycles. The highest BCUT2D eigenvalue weighted by atomic mass is 32.2. The van der Waals surface area contributed by atoms with E-state index in [1.165, 1.54) is 28.5 Å². The fourth-order valence-electron chi connectivity index (χ4n) is 4.37. The van der Waals surface area contributed by atoms with Crippen molar-refractivity contribution in [3.05, 3.63) is 95.1 Å². The van der Waals surface area contributed by atoms with Gasteiger partial charge in [-0.2, -0.15) is 0 Å². The van der Waals surface area contributed by atoms with Crippen LogP contribution in [0, 0.1) is 5.92 Å². The molecule has 3 rings (SSSR count). The van der Waals surface area contributed by atoms with Gasteiger partial charge in [0.15, 0.2) is 5.12 Å². The molecule has 37 heavy (non-hydrogen) atoms. The van der Waals surface area contributed by atoms with Gasteiger partial charge in [-0.25, -0.2) is 5.09 Å². The first-order chi connectivity index (χ1) is 17.4. The van der Waals surface area contributed by atoms with Gasteiger partial charge in [-0.1, -0.05) is 121 Å². The normalized spacial score (nSPS) is 15.1. The Morgan fingerprint density at radius 2 is 1.24 bits per heavy atom. The van der Waals surface area contributed by atoms with Gasteiger partial charge < -0.3 is 4.89 Å². The second-order valence-electron chi connectivity index (χ2n) is 10.6. The van der Waals surface area contributed by atoms with Gasteiger partial charge in [0, 0.05) is 10.8 Å². The average Bonchev–Trinajstić information content (AvgIpc) is 2.87. The van der Waals surface area contributed by atoms with E-state index in [0.717, 1.165) is 10.5 Å². The predicted molar refractivity (Wildman–Crippen MR) is 157 cm³/mol. The zero-order valence-corrected chi connectivity index (χ0v) is 24.6. The van der Waals surface area contributed by atoms with E-state index in [9.17, 15) is 14.3 Å². The van der Waals surface area contributed by atoms with Crippen molar-refractivity contribution in [2.24, 2.45) is 5.92 Å². The van der Waals surface area contributed by atoms with Crippen LogP contribution in [0.25, 0.3) is 0 Å². The van der Waals surface area contributed by atoms with Gasteiger partial charge in [0.2, 0.25) is 0 Å². The van der Waals surface area contributed by atoms with Crippen molar-refractivity contribution >= 4 is 29.7 Å². The largest absolute Gasteiger partial charge is 0.330 e. The number of hydrogen-bond donors (Lipinski definition) is 2. The van der Waals surface area contributed by atoms with Crippen LogP contribution in [-0.2, 0) is 9.36 Å². The molecule has 0 saturated carbocycles. The molecule has 0 amide bonds. The first-order valence-corrected chi connectivity index (χ1v) is 15.5. The number of benzene rings is 3. The van der Waals surface area contributed by atoms with Crippen LogP contribution in [0.15, 0.2) is 77.7 Å². The minimum Gasteiger partial charge on any atom is -0.330 e. The standard InChI is InChI=1S/C31H40NO3PS/c1-20(2)25-18-27(21(3)4)30(28(19-25)22(5)6)37-31(33)23(7)29(24-14-10-8-11-15-24)32-36(34,35)26-16-12-9-13-17-26/h8-23,29H,1-7H3,(H2,32,34,35). The van der Waals surface area contributed by atoms with Crippen LogP contribution in [-0.4, -0.2) is 10.0 Å². The number of thioether (sulfide) groups is 1. The lowest BCUT2D eigenvalue weighted by atomic mass is 9.89. The summed E-state index contributed by atoms with van der Waals surface area (Å²) in [6.45, 7) is 14.9. The van der Waals surface area contributed by atoms with Crippen molar-refractivity contribution in [1.29, 1.82) is 0 Å². The number of carbonyl (C=O) groups excluding carboxylic acids is 1. The molecule has 3 aromatic rings. The van der Waals surface area contributed by atoms with Crippen molar-refractivity contribution in [2.75, 3.05) is 0 Å². The predicted octanol–water partition coefficient (Wildman–Crippen LogP) is 8.15. The van der Waals surface area contributed by atoms with E-state index >= 15 is 0 Å². The second kappa shape index (κ2) is 12.6. The molecule has 0 fully saturated rings. The number of rotatable bonds is 10. The molecule has 0 aromatic heterocycles. The highest BCUT2D eigenvalue weighted by Crippen LogP contribution is 2.44. The molecule has 3 unspecified atom stereocenters. The Kier molecular flexibility index (Phi) is 9.99. The lowest BCUT2D eigenvalue weighted by Crippen LogP contribution is -2.31. The van der Waals surface area contributed by atoms with Gasteiger partial charge in [0.25, 0.3) is 7.52 Å². The summed E-state index contributed by atoms with van der Waals surface area (Å²) in [7, 11) is -3.92. The van der Waals surface area contributed by atoms with Crippen LogP contribution in [0.4, 0.5) is 0 Å². The quantitative estimate of drug-likeness (QED) is 0.202. The van der Waals surface area contributed by atoms with E-state index in [2.05, 4.69) is 58.8 Å². The van der Waals surface area contributed by atoms with Crippen molar-refractivity contribution in [1.82, 2.24) is 5.09 Å². The molecule has 6 heteroatoms. The molecule has 0 radical (unpaired) electrons. The Morgan fingerprint density at radius 1 is 0.757 bits per heavy atom. The van der Waals surface area contributed by atoms with E-state index in [0.29, 0.717) is 11.2 Å². The molecular formula is C31H40NO3PS. The SMILES string of the molecule is CC(C)c1cc(C(C)C)c(SC(=O)C(C)C(NP(=O)(O)c2ccccc2)c2ccccc2)c(C(C)C)c1. The maximum Gasteiger partial charge on any atom is 0.297 e. The molecular weight excluding hydrogens is 497 g/mol. The summed E-state index contributed by atoms with van der Waals surface area (Å²) in [6.07, 6.45) is 0. The molecule has 0 aliphatic rings. The van der Waals surface area contributed by atoms with Gasteiger partial charge in [-0.05, 0) is 52.1 Å². The fraction of sp³-hybridized carbons (Fsp3) is 0.387. The second-order valence-corrected chi connectivity index (χ2v) is 13.6. The summed E-state index contributed by atoms with van der Waals surface area (Å²) in [4.78, 5) is 25.9. The molecule has 0 bridgehead atoms. The summed E-state index contributed by atoms with van der Waals surface area (Å²) in [5.74, 6) is 0.370. The molecule has 0 aliphatic heterocycles. The molecule has 198 valence electrons. The first-order valence-electron chi connectivity index (χ1n) is 13.0. The minimum atomic E-state index is -3.92. The monoisotopic (exact) mass is 537 g/mol. The molecule has 4 nitrogen and oxygen atoms in total. The summed E-state index contributed by atoms with van der Waals surface area (Å²) >= 11 is 1.28. The third-order valence-electron chi connectivity index (χ3n) is 6.73. The van der Waals surface area contributed by atoms with Crippen LogP contribution < -0.4 is 10.4 Å². The maximum absolute atomic E-state index is 13.9. The first kappa shape index (κ1) is 29.4. The lowest BCUT2D eigenvalue weighted by molar-refractivity contribution is -0.114. The van der Waals surface area contributed by atoms with Crippen molar-refractivity contribution in [3.8, 4) is 0 Å². The summed E-state index contributed by atoms with van der Waals surface area (Å²) in [5.41, 5.74) is 4.45. The van der Waals surface area contributed by atoms with E-state index in [4.69, 9.17) is 0 Å². The van der Waals surface area contributed by atoms with E-state index in [-0.39, 0.29) is 17.0 Å². The fourth-order valence-corrected chi connectivity index (χ4v) is 7.19. The Balaban J connectivity index is 2.01. The Bertz CT molecular complexity index is 1210. The zero-order valence-electron chi connectivity index (χ0n) is 22.9. The Hall–Kier alpha value is -2.17.